The average molecular weight is 286 g/mol. The second-order valence-corrected chi connectivity index (χ2v) is 6.49. The Kier molecular flexibility index (Phi) is 4.29. The number of benzene rings is 1. The Bertz CT molecular complexity index is 481. The predicted octanol–water partition coefficient (Wildman–Crippen LogP) is 2.71. The minimum Gasteiger partial charge on any atom is -0.340 e. The van der Waals surface area contributed by atoms with Crippen LogP contribution in [0, 0.1) is 0 Å². The van der Waals surface area contributed by atoms with Crippen molar-refractivity contribution >= 4 is 5.91 Å². The van der Waals surface area contributed by atoms with Gasteiger partial charge in [-0.05, 0) is 44.2 Å². The van der Waals surface area contributed by atoms with Gasteiger partial charge in [-0.25, -0.2) is 0 Å². The highest BCUT2D eigenvalue weighted by Gasteiger charge is 2.53. The Balaban J connectivity index is 1.68. The number of hydrogen-bond acceptors (Lipinski definition) is 2. The fourth-order valence-corrected chi connectivity index (χ4v) is 3.49. The first kappa shape index (κ1) is 14.6. The zero-order chi connectivity index (χ0) is 14.7. The molecule has 1 aliphatic carbocycles. The van der Waals surface area contributed by atoms with Crippen molar-refractivity contribution in [2.45, 2.75) is 50.5 Å². The van der Waals surface area contributed by atoms with Gasteiger partial charge in [-0.3, -0.25) is 4.79 Å². The van der Waals surface area contributed by atoms with Gasteiger partial charge in [-0.15, -0.1) is 0 Å². The summed E-state index contributed by atoms with van der Waals surface area (Å²) in [5.41, 5.74) is 1.01. The smallest absolute Gasteiger partial charge is 0.233 e. The standard InChI is InChI=1S/C18H26N2O/c1-2-12-19-16-9-6-13-20(14-16)17(21)18(10-11-18)15-7-4-3-5-8-15/h3-5,7-8,16,19H,2,6,9-14H2,1H3. The Morgan fingerprint density at radius 2 is 2.10 bits per heavy atom. The van der Waals surface area contributed by atoms with Crippen molar-refractivity contribution < 1.29 is 4.79 Å². The van der Waals surface area contributed by atoms with Gasteiger partial charge in [0.15, 0.2) is 0 Å². The van der Waals surface area contributed by atoms with Crippen LogP contribution in [0.1, 0.15) is 44.6 Å². The van der Waals surface area contributed by atoms with Crippen LogP contribution in [0.3, 0.4) is 0 Å². The number of nitrogens with one attached hydrogen (secondary N) is 1. The summed E-state index contributed by atoms with van der Waals surface area (Å²) in [6, 6.07) is 10.8. The Hall–Kier alpha value is -1.35. The molecule has 1 N–H and O–H groups in total. The molecule has 1 saturated carbocycles. The maximum absolute atomic E-state index is 13.0. The van der Waals surface area contributed by atoms with Crippen molar-refractivity contribution in [2.75, 3.05) is 19.6 Å². The first-order valence-corrected chi connectivity index (χ1v) is 8.34. The van der Waals surface area contributed by atoms with Crippen LogP contribution in [0.25, 0.3) is 0 Å². The van der Waals surface area contributed by atoms with Crippen molar-refractivity contribution in [3.05, 3.63) is 35.9 Å². The van der Waals surface area contributed by atoms with Crippen LogP contribution in [-0.2, 0) is 10.2 Å². The lowest BCUT2D eigenvalue weighted by molar-refractivity contribution is -0.135. The Morgan fingerprint density at radius 1 is 1.33 bits per heavy atom. The van der Waals surface area contributed by atoms with Crippen molar-refractivity contribution in [2.24, 2.45) is 0 Å². The van der Waals surface area contributed by atoms with E-state index in [2.05, 4.69) is 29.3 Å². The van der Waals surface area contributed by atoms with E-state index in [0.717, 1.165) is 45.3 Å². The summed E-state index contributed by atoms with van der Waals surface area (Å²) < 4.78 is 0. The highest BCUT2D eigenvalue weighted by molar-refractivity contribution is 5.91. The zero-order valence-electron chi connectivity index (χ0n) is 13.0. The zero-order valence-corrected chi connectivity index (χ0v) is 13.0. The summed E-state index contributed by atoms with van der Waals surface area (Å²) >= 11 is 0. The monoisotopic (exact) mass is 286 g/mol. The maximum Gasteiger partial charge on any atom is 0.233 e. The van der Waals surface area contributed by atoms with Crippen LogP contribution in [0.5, 0.6) is 0 Å². The van der Waals surface area contributed by atoms with Gasteiger partial charge in [0.1, 0.15) is 0 Å². The number of likely N-dealkylation sites (tertiary alicyclic amines) is 1. The van der Waals surface area contributed by atoms with E-state index in [9.17, 15) is 4.79 Å². The molecule has 1 unspecified atom stereocenters. The van der Waals surface area contributed by atoms with Gasteiger partial charge in [-0.1, -0.05) is 37.3 Å². The molecule has 0 spiro atoms. The number of carbonyl (C=O) groups excluding carboxylic acids is 1. The van der Waals surface area contributed by atoms with Gasteiger partial charge < -0.3 is 10.2 Å². The van der Waals surface area contributed by atoms with Crippen molar-refractivity contribution in [1.82, 2.24) is 10.2 Å². The molecule has 1 saturated heterocycles. The minimum absolute atomic E-state index is 0.200. The quantitative estimate of drug-likeness (QED) is 0.902. The lowest BCUT2D eigenvalue weighted by Crippen LogP contribution is -2.51. The van der Waals surface area contributed by atoms with Crippen LogP contribution >= 0.6 is 0 Å². The summed E-state index contributed by atoms with van der Waals surface area (Å²) in [6.45, 7) is 5.05. The molecule has 114 valence electrons. The topological polar surface area (TPSA) is 32.3 Å². The van der Waals surface area contributed by atoms with E-state index < -0.39 is 0 Å². The molecule has 1 amide bonds. The summed E-state index contributed by atoms with van der Waals surface area (Å²) in [5.74, 6) is 0.358. The highest BCUT2D eigenvalue weighted by atomic mass is 16.2. The second kappa shape index (κ2) is 6.18. The molecular weight excluding hydrogens is 260 g/mol. The summed E-state index contributed by atoms with van der Waals surface area (Å²) in [5, 5.41) is 3.57. The largest absolute Gasteiger partial charge is 0.340 e. The van der Waals surface area contributed by atoms with Crippen LogP contribution in [0.15, 0.2) is 30.3 Å². The van der Waals surface area contributed by atoms with Gasteiger partial charge >= 0.3 is 0 Å². The first-order valence-electron chi connectivity index (χ1n) is 8.34. The number of hydrogen-bond donors (Lipinski definition) is 1. The van der Waals surface area contributed by atoms with Gasteiger partial charge in [0.25, 0.3) is 0 Å². The molecule has 1 aliphatic heterocycles. The normalized spacial score (nSPS) is 23.9. The molecule has 1 atom stereocenters. The minimum atomic E-state index is -0.200. The fraction of sp³-hybridized carbons (Fsp3) is 0.611. The molecule has 3 heteroatoms. The SMILES string of the molecule is CCCNC1CCCN(C(=O)C2(c3ccccc3)CC2)C1. The summed E-state index contributed by atoms with van der Waals surface area (Å²) in [6.07, 6.45) is 5.50. The van der Waals surface area contributed by atoms with E-state index in [0.29, 0.717) is 11.9 Å². The molecule has 21 heavy (non-hydrogen) atoms. The third-order valence-electron chi connectivity index (χ3n) is 4.88. The van der Waals surface area contributed by atoms with Crippen LogP contribution in [0.2, 0.25) is 0 Å². The van der Waals surface area contributed by atoms with E-state index in [1.54, 1.807) is 0 Å². The molecular formula is C18H26N2O. The number of rotatable bonds is 5. The van der Waals surface area contributed by atoms with Crippen molar-refractivity contribution in [3.8, 4) is 0 Å². The van der Waals surface area contributed by atoms with Gasteiger partial charge in [-0.2, -0.15) is 0 Å². The van der Waals surface area contributed by atoms with Crippen molar-refractivity contribution in [3.63, 3.8) is 0 Å². The van der Waals surface area contributed by atoms with Crippen LogP contribution in [-0.4, -0.2) is 36.5 Å². The summed E-state index contributed by atoms with van der Waals surface area (Å²) in [4.78, 5) is 15.1. The Labute approximate surface area is 127 Å². The molecule has 1 aromatic carbocycles. The molecule has 0 bridgehead atoms. The molecule has 3 rings (SSSR count). The molecule has 2 aliphatic rings. The van der Waals surface area contributed by atoms with Gasteiger partial charge in [0, 0.05) is 19.1 Å². The third kappa shape index (κ3) is 2.98. The van der Waals surface area contributed by atoms with E-state index in [1.807, 2.05) is 18.2 Å². The van der Waals surface area contributed by atoms with Gasteiger partial charge in [0.05, 0.1) is 5.41 Å². The highest BCUT2D eigenvalue weighted by Crippen LogP contribution is 2.49. The van der Waals surface area contributed by atoms with E-state index in [1.165, 1.54) is 12.0 Å². The number of nitrogens with zero attached hydrogens (tertiary/aromatic N) is 1. The fourth-order valence-electron chi connectivity index (χ4n) is 3.49. The molecule has 1 heterocycles. The molecule has 1 aromatic rings. The van der Waals surface area contributed by atoms with Crippen LogP contribution in [0.4, 0.5) is 0 Å². The molecule has 3 nitrogen and oxygen atoms in total. The molecule has 0 aromatic heterocycles. The Morgan fingerprint density at radius 3 is 2.76 bits per heavy atom. The lowest BCUT2D eigenvalue weighted by atomic mass is 9.93. The van der Waals surface area contributed by atoms with E-state index in [-0.39, 0.29) is 5.41 Å². The predicted molar refractivity (Wildman–Crippen MR) is 85.2 cm³/mol. The number of piperidine rings is 1. The lowest BCUT2D eigenvalue weighted by Gasteiger charge is -2.35. The van der Waals surface area contributed by atoms with E-state index >= 15 is 0 Å². The third-order valence-corrected chi connectivity index (χ3v) is 4.88. The number of carbonyl (C=O) groups is 1. The second-order valence-electron chi connectivity index (χ2n) is 6.49. The first-order chi connectivity index (χ1) is 10.3. The number of amides is 1. The summed E-state index contributed by atoms with van der Waals surface area (Å²) in [7, 11) is 0. The molecule has 2 fully saturated rings. The van der Waals surface area contributed by atoms with E-state index in [4.69, 9.17) is 0 Å². The van der Waals surface area contributed by atoms with Gasteiger partial charge in [0.2, 0.25) is 5.91 Å². The maximum atomic E-state index is 13.0. The average Bonchev–Trinajstić information content (AvgIpc) is 3.35. The molecule has 0 radical (unpaired) electrons. The van der Waals surface area contributed by atoms with Crippen LogP contribution < -0.4 is 5.32 Å². The van der Waals surface area contributed by atoms with Crippen molar-refractivity contribution in [1.29, 1.82) is 0 Å².